The van der Waals surface area contributed by atoms with Crippen molar-refractivity contribution in [1.82, 2.24) is 10.2 Å². The Morgan fingerprint density at radius 1 is 1.20 bits per heavy atom. The highest BCUT2D eigenvalue weighted by Gasteiger charge is 2.19. The maximum atomic E-state index is 14.0. The first-order chi connectivity index (χ1) is 9.45. The normalized spacial score (nSPS) is 14.8. The van der Waals surface area contributed by atoms with Gasteiger partial charge in [0.05, 0.1) is 0 Å². The molecule has 0 aliphatic heterocycles. The summed E-state index contributed by atoms with van der Waals surface area (Å²) in [4.78, 5) is 2.32. The van der Waals surface area contributed by atoms with Gasteiger partial charge in [0.15, 0.2) is 0 Å². The van der Waals surface area contributed by atoms with Crippen LogP contribution in [0.5, 0.6) is 0 Å². The van der Waals surface area contributed by atoms with Gasteiger partial charge < -0.3 is 10.2 Å². The van der Waals surface area contributed by atoms with E-state index in [0.717, 1.165) is 25.1 Å². The van der Waals surface area contributed by atoms with E-state index in [-0.39, 0.29) is 11.9 Å². The van der Waals surface area contributed by atoms with E-state index in [1.807, 2.05) is 12.1 Å². The predicted octanol–water partition coefficient (Wildman–Crippen LogP) is 3.84. The summed E-state index contributed by atoms with van der Waals surface area (Å²) in [5.74, 6) is 0.557. The molecule has 0 aliphatic carbocycles. The summed E-state index contributed by atoms with van der Waals surface area (Å²) in [7, 11) is 2.12. The zero-order valence-electron chi connectivity index (χ0n) is 13.5. The fourth-order valence-electron chi connectivity index (χ4n) is 2.61. The molecule has 2 unspecified atom stereocenters. The van der Waals surface area contributed by atoms with Gasteiger partial charge in [-0.25, -0.2) is 4.39 Å². The topological polar surface area (TPSA) is 15.3 Å². The first-order valence-corrected chi connectivity index (χ1v) is 7.63. The highest BCUT2D eigenvalue weighted by atomic mass is 19.1. The first kappa shape index (κ1) is 17.1. The minimum Gasteiger partial charge on any atom is -0.309 e. The minimum atomic E-state index is -0.122. The standard InChI is InChI=1S/C17H29FN2/c1-6-19-17(15-9-7-8-10-16(15)18)12-20(5)14(4)11-13(2)3/h7-10,13-14,17,19H,6,11-12H2,1-5H3. The molecule has 3 heteroatoms. The van der Waals surface area contributed by atoms with Crippen molar-refractivity contribution in [2.75, 3.05) is 20.1 Å². The van der Waals surface area contributed by atoms with Crippen molar-refractivity contribution >= 4 is 0 Å². The molecule has 0 radical (unpaired) electrons. The molecule has 2 nitrogen and oxygen atoms in total. The van der Waals surface area contributed by atoms with Gasteiger partial charge in [-0.2, -0.15) is 0 Å². The molecule has 2 atom stereocenters. The fraction of sp³-hybridized carbons (Fsp3) is 0.647. The van der Waals surface area contributed by atoms with Crippen LogP contribution < -0.4 is 5.32 Å². The lowest BCUT2D eigenvalue weighted by Gasteiger charge is -2.30. The summed E-state index contributed by atoms with van der Waals surface area (Å²) >= 11 is 0. The third-order valence-corrected chi connectivity index (χ3v) is 3.77. The lowest BCUT2D eigenvalue weighted by molar-refractivity contribution is 0.205. The third kappa shape index (κ3) is 5.22. The van der Waals surface area contributed by atoms with Gasteiger partial charge in [-0.1, -0.05) is 39.0 Å². The molecule has 0 fully saturated rings. The molecule has 0 bridgehead atoms. The quantitative estimate of drug-likeness (QED) is 0.778. The predicted molar refractivity (Wildman–Crippen MR) is 84.4 cm³/mol. The molecule has 0 heterocycles. The van der Waals surface area contributed by atoms with Gasteiger partial charge in [0, 0.05) is 24.2 Å². The van der Waals surface area contributed by atoms with Crippen LogP contribution in [-0.2, 0) is 0 Å². The molecule has 1 N–H and O–H groups in total. The van der Waals surface area contributed by atoms with Crippen LogP contribution in [-0.4, -0.2) is 31.1 Å². The molecule has 0 aliphatic rings. The molecule has 20 heavy (non-hydrogen) atoms. The van der Waals surface area contributed by atoms with E-state index in [0.29, 0.717) is 12.0 Å². The highest BCUT2D eigenvalue weighted by Crippen LogP contribution is 2.19. The number of nitrogens with one attached hydrogen (secondary N) is 1. The Morgan fingerprint density at radius 2 is 1.85 bits per heavy atom. The van der Waals surface area contributed by atoms with Crippen LogP contribution in [0.3, 0.4) is 0 Å². The Bertz CT molecular complexity index is 392. The average Bonchev–Trinajstić information content (AvgIpc) is 2.38. The lowest BCUT2D eigenvalue weighted by atomic mass is 10.0. The maximum absolute atomic E-state index is 14.0. The minimum absolute atomic E-state index is 0.0424. The van der Waals surface area contributed by atoms with E-state index in [1.54, 1.807) is 6.07 Å². The van der Waals surface area contributed by atoms with Crippen LogP contribution in [0, 0.1) is 11.7 Å². The molecule has 0 saturated carbocycles. The Hall–Kier alpha value is -0.930. The van der Waals surface area contributed by atoms with Crippen LogP contribution in [0.15, 0.2) is 24.3 Å². The van der Waals surface area contributed by atoms with Crippen LogP contribution in [0.2, 0.25) is 0 Å². The average molecular weight is 280 g/mol. The van der Waals surface area contributed by atoms with Gasteiger partial charge >= 0.3 is 0 Å². The van der Waals surface area contributed by atoms with Crippen molar-refractivity contribution in [3.63, 3.8) is 0 Å². The largest absolute Gasteiger partial charge is 0.309 e. The molecule has 1 aromatic rings. The van der Waals surface area contributed by atoms with Gasteiger partial charge in [-0.15, -0.1) is 0 Å². The van der Waals surface area contributed by atoms with Crippen LogP contribution in [0.4, 0.5) is 4.39 Å². The number of hydrogen-bond acceptors (Lipinski definition) is 2. The van der Waals surface area contributed by atoms with Crippen molar-refractivity contribution in [3.05, 3.63) is 35.6 Å². The first-order valence-electron chi connectivity index (χ1n) is 7.63. The van der Waals surface area contributed by atoms with E-state index in [4.69, 9.17) is 0 Å². The number of benzene rings is 1. The van der Waals surface area contributed by atoms with Crippen molar-refractivity contribution in [1.29, 1.82) is 0 Å². The molecule has 0 amide bonds. The van der Waals surface area contributed by atoms with Crippen LogP contribution in [0.25, 0.3) is 0 Å². The zero-order valence-corrected chi connectivity index (χ0v) is 13.5. The highest BCUT2D eigenvalue weighted by molar-refractivity contribution is 5.21. The van der Waals surface area contributed by atoms with Gasteiger partial charge in [0.25, 0.3) is 0 Å². The molecular formula is C17H29FN2. The maximum Gasteiger partial charge on any atom is 0.128 e. The zero-order chi connectivity index (χ0) is 15.1. The van der Waals surface area contributed by atoms with E-state index >= 15 is 0 Å². The smallest absolute Gasteiger partial charge is 0.128 e. The van der Waals surface area contributed by atoms with Crippen LogP contribution >= 0.6 is 0 Å². The Balaban J connectivity index is 2.75. The van der Waals surface area contributed by atoms with Crippen molar-refractivity contribution < 1.29 is 4.39 Å². The molecule has 1 aromatic carbocycles. The number of hydrogen-bond donors (Lipinski definition) is 1. The lowest BCUT2D eigenvalue weighted by Crippen LogP contribution is -2.38. The van der Waals surface area contributed by atoms with E-state index < -0.39 is 0 Å². The van der Waals surface area contributed by atoms with Crippen LogP contribution in [0.1, 0.15) is 45.7 Å². The summed E-state index contributed by atoms with van der Waals surface area (Å²) in [5, 5.41) is 3.40. The second-order valence-corrected chi connectivity index (χ2v) is 6.05. The van der Waals surface area contributed by atoms with Gasteiger partial charge in [0.1, 0.15) is 5.82 Å². The molecule has 1 rings (SSSR count). The Labute approximate surface area is 123 Å². The van der Waals surface area contributed by atoms with Gasteiger partial charge in [-0.3, -0.25) is 0 Å². The van der Waals surface area contributed by atoms with Crippen molar-refractivity contribution in [2.24, 2.45) is 5.92 Å². The fourth-order valence-corrected chi connectivity index (χ4v) is 2.61. The summed E-state index contributed by atoms with van der Waals surface area (Å²) in [6, 6.07) is 7.61. The van der Waals surface area contributed by atoms with E-state index in [9.17, 15) is 4.39 Å². The van der Waals surface area contributed by atoms with Crippen molar-refractivity contribution in [2.45, 2.75) is 46.2 Å². The molecule has 0 aromatic heterocycles. The second kappa shape index (κ2) is 8.38. The number of halogens is 1. The number of rotatable bonds is 8. The molecular weight excluding hydrogens is 251 g/mol. The van der Waals surface area contributed by atoms with Gasteiger partial charge in [-0.05, 0) is 38.9 Å². The second-order valence-electron chi connectivity index (χ2n) is 6.05. The summed E-state index contributed by atoms with van der Waals surface area (Å²) in [6.45, 7) is 10.4. The third-order valence-electron chi connectivity index (χ3n) is 3.77. The van der Waals surface area contributed by atoms with Gasteiger partial charge in [0.2, 0.25) is 0 Å². The SMILES string of the molecule is CCNC(CN(C)C(C)CC(C)C)c1ccccc1F. The molecule has 0 saturated heterocycles. The van der Waals surface area contributed by atoms with E-state index in [1.165, 1.54) is 6.07 Å². The Morgan fingerprint density at radius 3 is 2.40 bits per heavy atom. The molecule has 114 valence electrons. The summed E-state index contributed by atoms with van der Waals surface area (Å²) < 4.78 is 14.0. The Kier molecular flexibility index (Phi) is 7.17. The van der Waals surface area contributed by atoms with E-state index in [2.05, 4.69) is 45.0 Å². The summed E-state index contributed by atoms with van der Waals surface area (Å²) in [6.07, 6.45) is 1.16. The summed E-state index contributed by atoms with van der Waals surface area (Å²) in [5.41, 5.74) is 0.762. The monoisotopic (exact) mass is 280 g/mol. The molecule has 0 spiro atoms. The number of nitrogens with zero attached hydrogens (tertiary/aromatic N) is 1. The van der Waals surface area contributed by atoms with Crippen molar-refractivity contribution in [3.8, 4) is 0 Å². The number of likely N-dealkylation sites (N-methyl/N-ethyl adjacent to an activating group) is 2.